The monoisotopic (exact) mass is 182 g/mol. The van der Waals surface area contributed by atoms with Crippen LogP contribution >= 0.6 is 0 Å². The molecular weight excluding hydrogens is 160 g/mol. The van der Waals surface area contributed by atoms with Gasteiger partial charge in [0.2, 0.25) is 0 Å². The van der Waals surface area contributed by atoms with Crippen LogP contribution in [0.2, 0.25) is 0 Å². The second-order valence-corrected chi connectivity index (χ2v) is 5.13. The highest BCUT2D eigenvalue weighted by atomic mass is 15.2. The zero-order chi connectivity index (χ0) is 9.31. The molecule has 2 nitrogen and oxygen atoms in total. The van der Waals surface area contributed by atoms with Gasteiger partial charge in [0, 0.05) is 19.1 Å². The van der Waals surface area contributed by atoms with E-state index >= 15 is 0 Å². The van der Waals surface area contributed by atoms with Crippen LogP contribution in [-0.2, 0) is 0 Å². The Labute approximate surface area is 81.5 Å². The Bertz CT molecular complexity index is 173. The molecule has 1 aliphatic heterocycles. The summed E-state index contributed by atoms with van der Waals surface area (Å²) in [5, 5.41) is 0. The van der Waals surface area contributed by atoms with Crippen molar-refractivity contribution >= 4 is 0 Å². The third-order valence-electron chi connectivity index (χ3n) is 3.87. The topological polar surface area (TPSA) is 29.3 Å². The maximum atomic E-state index is 5.65. The molecule has 1 saturated carbocycles. The zero-order valence-electron chi connectivity index (χ0n) is 8.76. The molecule has 0 aromatic carbocycles. The zero-order valence-corrected chi connectivity index (χ0v) is 8.76. The van der Waals surface area contributed by atoms with Crippen LogP contribution in [0.1, 0.15) is 39.0 Å². The Hall–Kier alpha value is -0.0800. The number of rotatable bonds is 5. The maximum Gasteiger partial charge on any atom is 0.0230 e. The van der Waals surface area contributed by atoms with Crippen molar-refractivity contribution in [2.24, 2.45) is 11.1 Å². The smallest absolute Gasteiger partial charge is 0.0230 e. The van der Waals surface area contributed by atoms with E-state index in [2.05, 4.69) is 11.8 Å². The summed E-state index contributed by atoms with van der Waals surface area (Å²) in [6.07, 6.45) is 7.07. The first-order valence-corrected chi connectivity index (χ1v) is 5.68. The Morgan fingerprint density at radius 2 is 2.23 bits per heavy atom. The second kappa shape index (κ2) is 3.58. The first-order chi connectivity index (χ1) is 6.23. The lowest BCUT2D eigenvalue weighted by atomic mass is 9.99. The normalized spacial score (nSPS) is 31.4. The average Bonchev–Trinajstić information content (AvgIpc) is 2.77. The van der Waals surface area contributed by atoms with E-state index in [-0.39, 0.29) is 0 Å². The van der Waals surface area contributed by atoms with Gasteiger partial charge in [0.25, 0.3) is 0 Å². The van der Waals surface area contributed by atoms with Gasteiger partial charge in [0.15, 0.2) is 0 Å². The number of likely N-dealkylation sites (tertiary alicyclic amines) is 1. The van der Waals surface area contributed by atoms with E-state index in [0.717, 1.165) is 12.0 Å². The summed E-state index contributed by atoms with van der Waals surface area (Å²) in [5.74, 6) is 0. The fraction of sp³-hybridized carbons (Fsp3) is 1.00. The van der Waals surface area contributed by atoms with Crippen molar-refractivity contribution in [3.05, 3.63) is 0 Å². The van der Waals surface area contributed by atoms with Crippen LogP contribution in [0, 0.1) is 5.41 Å². The summed E-state index contributed by atoms with van der Waals surface area (Å²) in [6, 6.07) is 0.715. The standard InChI is InChI=1S/C11H22N2/c1-11(5-6-11)4-2-7-13-8-3-10(13)9-12/h10H,2-9,12H2,1H3. The minimum atomic E-state index is 0.715. The van der Waals surface area contributed by atoms with Crippen LogP contribution in [-0.4, -0.2) is 30.6 Å². The van der Waals surface area contributed by atoms with Gasteiger partial charge >= 0.3 is 0 Å². The predicted octanol–water partition coefficient (Wildman–Crippen LogP) is 1.60. The summed E-state index contributed by atoms with van der Waals surface area (Å²) in [5.41, 5.74) is 6.39. The van der Waals surface area contributed by atoms with E-state index in [1.54, 1.807) is 0 Å². The summed E-state index contributed by atoms with van der Waals surface area (Å²) in [6.45, 7) is 5.86. The fourth-order valence-corrected chi connectivity index (χ4v) is 2.23. The first kappa shape index (κ1) is 9.47. The average molecular weight is 182 g/mol. The number of nitrogens with two attached hydrogens (primary N) is 1. The molecule has 1 saturated heterocycles. The Morgan fingerprint density at radius 3 is 2.69 bits per heavy atom. The molecule has 1 unspecified atom stereocenters. The minimum Gasteiger partial charge on any atom is -0.329 e. The van der Waals surface area contributed by atoms with Gasteiger partial charge in [-0.1, -0.05) is 6.92 Å². The van der Waals surface area contributed by atoms with Crippen LogP contribution < -0.4 is 5.73 Å². The third kappa shape index (κ3) is 2.23. The molecule has 0 spiro atoms. The van der Waals surface area contributed by atoms with Crippen LogP contribution in [0.15, 0.2) is 0 Å². The molecule has 1 heterocycles. The lowest BCUT2D eigenvalue weighted by molar-refractivity contribution is 0.0927. The molecule has 0 aromatic rings. The van der Waals surface area contributed by atoms with Gasteiger partial charge in [-0.15, -0.1) is 0 Å². The molecule has 2 heteroatoms. The van der Waals surface area contributed by atoms with Crippen molar-refractivity contribution in [3.8, 4) is 0 Å². The van der Waals surface area contributed by atoms with Crippen LogP contribution in [0.25, 0.3) is 0 Å². The molecule has 2 aliphatic rings. The van der Waals surface area contributed by atoms with Crippen LogP contribution in [0.4, 0.5) is 0 Å². The molecule has 1 atom stereocenters. The van der Waals surface area contributed by atoms with E-state index in [1.807, 2.05) is 0 Å². The lowest BCUT2D eigenvalue weighted by Crippen LogP contribution is -2.51. The minimum absolute atomic E-state index is 0.715. The van der Waals surface area contributed by atoms with Gasteiger partial charge in [-0.3, -0.25) is 4.90 Å². The molecule has 13 heavy (non-hydrogen) atoms. The molecule has 2 N–H and O–H groups in total. The number of hydrogen-bond acceptors (Lipinski definition) is 2. The summed E-state index contributed by atoms with van der Waals surface area (Å²) >= 11 is 0. The summed E-state index contributed by atoms with van der Waals surface area (Å²) < 4.78 is 0. The lowest BCUT2D eigenvalue weighted by Gasteiger charge is -2.40. The van der Waals surface area contributed by atoms with E-state index in [0.29, 0.717) is 6.04 Å². The largest absolute Gasteiger partial charge is 0.329 e. The Morgan fingerprint density at radius 1 is 1.46 bits per heavy atom. The Balaban J connectivity index is 1.57. The van der Waals surface area contributed by atoms with E-state index < -0.39 is 0 Å². The number of nitrogens with zero attached hydrogens (tertiary/aromatic N) is 1. The van der Waals surface area contributed by atoms with Crippen molar-refractivity contribution in [1.29, 1.82) is 0 Å². The molecule has 0 aromatic heterocycles. The van der Waals surface area contributed by atoms with Crippen molar-refractivity contribution in [2.45, 2.75) is 45.1 Å². The first-order valence-electron chi connectivity index (χ1n) is 5.68. The van der Waals surface area contributed by atoms with Crippen molar-refractivity contribution in [3.63, 3.8) is 0 Å². The van der Waals surface area contributed by atoms with E-state index in [4.69, 9.17) is 5.73 Å². The second-order valence-electron chi connectivity index (χ2n) is 5.13. The van der Waals surface area contributed by atoms with Gasteiger partial charge in [-0.2, -0.15) is 0 Å². The molecule has 2 fully saturated rings. The van der Waals surface area contributed by atoms with Crippen LogP contribution in [0.3, 0.4) is 0 Å². The third-order valence-corrected chi connectivity index (χ3v) is 3.87. The highest BCUT2D eigenvalue weighted by Crippen LogP contribution is 2.48. The van der Waals surface area contributed by atoms with Gasteiger partial charge in [0.1, 0.15) is 0 Å². The molecule has 1 aliphatic carbocycles. The molecule has 2 rings (SSSR count). The molecule has 0 bridgehead atoms. The molecular formula is C11H22N2. The highest BCUT2D eigenvalue weighted by molar-refractivity contribution is 4.89. The maximum absolute atomic E-state index is 5.65. The van der Waals surface area contributed by atoms with Gasteiger partial charge in [-0.25, -0.2) is 0 Å². The fourth-order valence-electron chi connectivity index (χ4n) is 2.23. The molecule has 0 amide bonds. The number of hydrogen-bond donors (Lipinski definition) is 1. The Kier molecular flexibility index (Phi) is 2.61. The van der Waals surface area contributed by atoms with Crippen molar-refractivity contribution in [2.75, 3.05) is 19.6 Å². The SMILES string of the molecule is CC1(CCCN2CCC2CN)CC1. The van der Waals surface area contributed by atoms with Crippen LogP contribution in [0.5, 0.6) is 0 Å². The van der Waals surface area contributed by atoms with Crippen molar-refractivity contribution in [1.82, 2.24) is 4.90 Å². The summed E-state index contributed by atoms with van der Waals surface area (Å²) in [4.78, 5) is 2.55. The molecule has 0 radical (unpaired) electrons. The van der Waals surface area contributed by atoms with Gasteiger partial charge in [-0.05, 0) is 44.1 Å². The summed E-state index contributed by atoms with van der Waals surface area (Å²) in [7, 11) is 0. The quantitative estimate of drug-likeness (QED) is 0.700. The van der Waals surface area contributed by atoms with E-state index in [9.17, 15) is 0 Å². The van der Waals surface area contributed by atoms with Crippen molar-refractivity contribution < 1.29 is 0 Å². The van der Waals surface area contributed by atoms with Gasteiger partial charge < -0.3 is 5.73 Å². The molecule has 76 valence electrons. The predicted molar refractivity (Wildman–Crippen MR) is 55.6 cm³/mol. The van der Waals surface area contributed by atoms with E-state index in [1.165, 1.54) is 45.2 Å². The van der Waals surface area contributed by atoms with Gasteiger partial charge in [0.05, 0.1) is 0 Å². The highest BCUT2D eigenvalue weighted by Gasteiger charge is 2.36.